The Balaban J connectivity index is 1.54. The Hall–Kier alpha value is -2.33. The molecule has 4 rings (SSSR count). The Bertz CT molecular complexity index is 833. The number of aryl methyl sites for hydroxylation is 1. The molecule has 2 aromatic rings. The molecule has 4 heteroatoms. The number of carbonyl (C=O) groups is 1. The minimum atomic E-state index is 0.207. The van der Waals surface area contributed by atoms with Gasteiger partial charge in [0.15, 0.2) is 0 Å². The van der Waals surface area contributed by atoms with E-state index in [9.17, 15) is 4.79 Å². The van der Waals surface area contributed by atoms with Gasteiger partial charge in [-0.3, -0.25) is 9.69 Å². The number of hydrogen-bond acceptors (Lipinski definition) is 3. The lowest BCUT2D eigenvalue weighted by molar-refractivity contribution is -0.130. The molecule has 2 aromatic carbocycles. The van der Waals surface area contributed by atoms with Crippen LogP contribution >= 0.6 is 0 Å². The molecular formula is C24H30N2O2. The van der Waals surface area contributed by atoms with Crippen LogP contribution in [0.25, 0.3) is 0 Å². The smallest absolute Gasteiger partial charge is 0.219 e. The van der Waals surface area contributed by atoms with Crippen LogP contribution in [0.1, 0.15) is 36.0 Å². The summed E-state index contributed by atoms with van der Waals surface area (Å²) < 4.78 is 5.32. The van der Waals surface area contributed by atoms with E-state index in [1.807, 2.05) is 12.1 Å². The van der Waals surface area contributed by atoms with Gasteiger partial charge in [-0.25, -0.2) is 0 Å². The number of amides is 1. The van der Waals surface area contributed by atoms with Crippen molar-refractivity contribution in [1.29, 1.82) is 0 Å². The number of benzene rings is 2. The van der Waals surface area contributed by atoms with Crippen molar-refractivity contribution in [3.8, 4) is 5.75 Å². The van der Waals surface area contributed by atoms with E-state index in [4.69, 9.17) is 4.74 Å². The van der Waals surface area contributed by atoms with Crippen molar-refractivity contribution in [1.82, 2.24) is 9.80 Å². The summed E-state index contributed by atoms with van der Waals surface area (Å²) in [5.41, 5.74) is 4.00. The molecule has 3 atom stereocenters. The SMILES string of the molecule is COc1ccc([C@@H]2CN(C(C)=O)[C@H]3CCN(Cc4cccc(C)c4)C[C@@H]23)cc1. The molecule has 0 bridgehead atoms. The number of methoxy groups -OCH3 is 1. The zero-order chi connectivity index (χ0) is 19.7. The van der Waals surface area contributed by atoms with Gasteiger partial charge in [-0.15, -0.1) is 0 Å². The normalized spacial score (nSPS) is 24.8. The Morgan fingerprint density at radius 3 is 2.61 bits per heavy atom. The molecule has 2 heterocycles. The first kappa shape index (κ1) is 19.0. The van der Waals surface area contributed by atoms with Crippen molar-refractivity contribution in [2.45, 2.75) is 38.8 Å². The highest BCUT2D eigenvalue weighted by atomic mass is 16.5. The number of nitrogens with zero attached hydrogens (tertiary/aromatic N) is 2. The van der Waals surface area contributed by atoms with Gasteiger partial charge in [0, 0.05) is 51.0 Å². The second kappa shape index (κ2) is 7.96. The Kier molecular flexibility index (Phi) is 5.40. The summed E-state index contributed by atoms with van der Waals surface area (Å²) >= 11 is 0. The largest absolute Gasteiger partial charge is 0.497 e. The molecule has 0 aromatic heterocycles. The van der Waals surface area contributed by atoms with Crippen LogP contribution in [-0.2, 0) is 11.3 Å². The third kappa shape index (κ3) is 3.79. The highest BCUT2D eigenvalue weighted by Gasteiger charge is 2.46. The number of rotatable bonds is 4. The topological polar surface area (TPSA) is 32.8 Å². The molecule has 0 aliphatic carbocycles. The molecule has 2 saturated heterocycles. The monoisotopic (exact) mass is 378 g/mol. The molecule has 0 unspecified atom stereocenters. The number of ether oxygens (including phenoxy) is 1. The molecule has 0 radical (unpaired) electrons. The van der Waals surface area contributed by atoms with Crippen molar-refractivity contribution >= 4 is 5.91 Å². The van der Waals surface area contributed by atoms with Gasteiger partial charge in [0.25, 0.3) is 0 Å². The third-order valence-electron chi connectivity index (χ3n) is 6.45. The van der Waals surface area contributed by atoms with Gasteiger partial charge in [-0.1, -0.05) is 42.0 Å². The van der Waals surface area contributed by atoms with Crippen molar-refractivity contribution in [2.75, 3.05) is 26.7 Å². The standard InChI is InChI=1S/C24H30N2O2/c1-17-5-4-6-19(13-17)14-25-12-11-24-23(15-25)22(16-26(24)18(2)27)20-7-9-21(28-3)10-8-20/h4-10,13,22-24H,11-12,14-16H2,1-3H3/t22-,23-,24-/m0/s1. The maximum atomic E-state index is 12.3. The summed E-state index contributed by atoms with van der Waals surface area (Å²) in [6.45, 7) is 7.77. The van der Waals surface area contributed by atoms with Gasteiger partial charge in [0.05, 0.1) is 7.11 Å². The molecular weight excluding hydrogens is 348 g/mol. The lowest BCUT2D eigenvalue weighted by Gasteiger charge is -2.39. The fourth-order valence-electron chi connectivity index (χ4n) is 5.08. The number of hydrogen-bond donors (Lipinski definition) is 0. The zero-order valence-electron chi connectivity index (χ0n) is 17.1. The van der Waals surface area contributed by atoms with E-state index in [1.54, 1.807) is 14.0 Å². The van der Waals surface area contributed by atoms with Crippen LogP contribution in [0.15, 0.2) is 48.5 Å². The number of piperidine rings is 1. The van der Waals surface area contributed by atoms with Crippen LogP contribution < -0.4 is 4.74 Å². The number of fused-ring (bicyclic) bond motifs is 1. The van der Waals surface area contributed by atoms with E-state index in [-0.39, 0.29) is 5.91 Å². The molecule has 148 valence electrons. The van der Waals surface area contributed by atoms with Gasteiger partial charge in [0.2, 0.25) is 5.91 Å². The van der Waals surface area contributed by atoms with Crippen molar-refractivity contribution in [2.24, 2.45) is 5.92 Å². The van der Waals surface area contributed by atoms with E-state index in [1.165, 1.54) is 16.7 Å². The van der Waals surface area contributed by atoms with Crippen molar-refractivity contribution in [3.63, 3.8) is 0 Å². The van der Waals surface area contributed by atoms with Gasteiger partial charge >= 0.3 is 0 Å². The van der Waals surface area contributed by atoms with Crippen LogP contribution in [0.4, 0.5) is 0 Å². The van der Waals surface area contributed by atoms with Crippen LogP contribution in [0, 0.1) is 12.8 Å². The van der Waals surface area contributed by atoms with Crippen LogP contribution in [0.5, 0.6) is 5.75 Å². The lowest BCUT2D eigenvalue weighted by atomic mass is 9.81. The van der Waals surface area contributed by atoms with Crippen LogP contribution in [0.3, 0.4) is 0 Å². The first-order valence-corrected chi connectivity index (χ1v) is 10.2. The number of likely N-dealkylation sites (tertiary alicyclic amines) is 2. The van der Waals surface area contributed by atoms with Crippen LogP contribution in [-0.4, -0.2) is 48.5 Å². The zero-order valence-corrected chi connectivity index (χ0v) is 17.1. The summed E-state index contributed by atoms with van der Waals surface area (Å²) in [5, 5.41) is 0. The number of carbonyl (C=O) groups excluding carboxylic acids is 1. The van der Waals surface area contributed by atoms with Crippen molar-refractivity contribution < 1.29 is 9.53 Å². The predicted molar refractivity (Wildman–Crippen MR) is 111 cm³/mol. The minimum absolute atomic E-state index is 0.207. The molecule has 2 aliphatic rings. The summed E-state index contributed by atoms with van der Waals surface area (Å²) in [4.78, 5) is 17.0. The van der Waals surface area contributed by atoms with E-state index < -0.39 is 0 Å². The maximum Gasteiger partial charge on any atom is 0.219 e. The highest BCUT2D eigenvalue weighted by Crippen LogP contribution is 2.42. The predicted octanol–water partition coefficient (Wildman–Crippen LogP) is 3.84. The molecule has 28 heavy (non-hydrogen) atoms. The van der Waals surface area contributed by atoms with E-state index in [0.29, 0.717) is 17.9 Å². The fraction of sp³-hybridized carbons (Fsp3) is 0.458. The molecule has 2 fully saturated rings. The van der Waals surface area contributed by atoms with Gasteiger partial charge in [0.1, 0.15) is 5.75 Å². The summed E-state index contributed by atoms with van der Waals surface area (Å²) in [5.74, 6) is 1.96. The molecule has 2 aliphatic heterocycles. The fourth-order valence-corrected chi connectivity index (χ4v) is 5.08. The average Bonchev–Trinajstić information content (AvgIpc) is 3.07. The quantitative estimate of drug-likeness (QED) is 0.810. The van der Waals surface area contributed by atoms with E-state index in [2.05, 4.69) is 53.1 Å². The van der Waals surface area contributed by atoms with Crippen molar-refractivity contribution in [3.05, 3.63) is 65.2 Å². The van der Waals surface area contributed by atoms with Gasteiger partial charge in [-0.05, 0) is 36.6 Å². The second-order valence-electron chi connectivity index (χ2n) is 8.30. The molecule has 0 spiro atoms. The Labute approximate surface area is 168 Å². The maximum absolute atomic E-state index is 12.3. The first-order chi connectivity index (χ1) is 13.5. The summed E-state index contributed by atoms with van der Waals surface area (Å²) in [6, 6.07) is 17.6. The molecule has 1 amide bonds. The first-order valence-electron chi connectivity index (χ1n) is 10.2. The second-order valence-corrected chi connectivity index (χ2v) is 8.30. The summed E-state index contributed by atoms with van der Waals surface area (Å²) in [6.07, 6.45) is 1.06. The average molecular weight is 379 g/mol. The molecule has 0 N–H and O–H groups in total. The van der Waals surface area contributed by atoms with Crippen LogP contribution in [0.2, 0.25) is 0 Å². The lowest BCUT2D eigenvalue weighted by Crippen LogP contribution is -2.47. The minimum Gasteiger partial charge on any atom is -0.497 e. The third-order valence-corrected chi connectivity index (χ3v) is 6.45. The highest BCUT2D eigenvalue weighted by molar-refractivity contribution is 5.74. The Morgan fingerprint density at radius 2 is 1.93 bits per heavy atom. The molecule has 0 saturated carbocycles. The van der Waals surface area contributed by atoms with Gasteiger partial charge < -0.3 is 9.64 Å². The van der Waals surface area contributed by atoms with E-state index in [0.717, 1.165) is 38.3 Å². The van der Waals surface area contributed by atoms with Gasteiger partial charge in [-0.2, -0.15) is 0 Å². The molecule has 4 nitrogen and oxygen atoms in total. The summed E-state index contributed by atoms with van der Waals surface area (Å²) in [7, 11) is 1.70. The van der Waals surface area contributed by atoms with E-state index >= 15 is 0 Å². The Morgan fingerprint density at radius 1 is 1.14 bits per heavy atom.